The number of hydrogen-bond donors (Lipinski definition) is 1. The molecule has 0 aromatic heterocycles. The minimum atomic E-state index is -0.379. The fourth-order valence-corrected chi connectivity index (χ4v) is 3.57. The highest BCUT2D eigenvalue weighted by molar-refractivity contribution is 6.36. The lowest BCUT2D eigenvalue weighted by molar-refractivity contribution is -0.137. The topological polar surface area (TPSA) is 86.3 Å². The number of rotatable bonds is 12. The summed E-state index contributed by atoms with van der Waals surface area (Å²) >= 11 is 0. The standard InChI is InChI=1S/C25H30N2O6/c1-5-32-15-7-14-27-24(28)22(17-8-13-20(30-3)21(16-17)31-4)23(25(27)29)26-18-9-11-19(12-10-18)33-6-2/h8-13,16,26H,5-7,14-15H2,1-4H3. The normalized spacial score (nSPS) is 13.5. The summed E-state index contributed by atoms with van der Waals surface area (Å²) in [5, 5.41) is 3.15. The Morgan fingerprint density at radius 2 is 1.61 bits per heavy atom. The molecule has 0 bridgehead atoms. The number of carbonyl (C=O) groups excluding carboxylic acids is 2. The van der Waals surface area contributed by atoms with Gasteiger partial charge in [0.2, 0.25) is 0 Å². The van der Waals surface area contributed by atoms with Crippen LogP contribution in [0.1, 0.15) is 25.8 Å². The molecule has 1 N–H and O–H groups in total. The first-order valence-corrected chi connectivity index (χ1v) is 10.9. The molecule has 2 amide bonds. The zero-order chi connectivity index (χ0) is 23.8. The number of imide groups is 1. The summed E-state index contributed by atoms with van der Waals surface area (Å²) in [5.41, 5.74) is 1.73. The predicted octanol–water partition coefficient (Wildman–Crippen LogP) is 3.72. The van der Waals surface area contributed by atoms with E-state index in [4.69, 9.17) is 18.9 Å². The summed E-state index contributed by atoms with van der Waals surface area (Å²) in [6, 6.07) is 12.4. The van der Waals surface area contributed by atoms with Crippen LogP contribution in [0.2, 0.25) is 0 Å². The van der Waals surface area contributed by atoms with Crippen molar-refractivity contribution in [1.29, 1.82) is 0 Å². The molecule has 1 aliphatic heterocycles. The third kappa shape index (κ3) is 5.46. The van der Waals surface area contributed by atoms with Gasteiger partial charge in [0.05, 0.1) is 26.4 Å². The van der Waals surface area contributed by atoms with Gasteiger partial charge in [0.25, 0.3) is 11.8 Å². The van der Waals surface area contributed by atoms with Gasteiger partial charge in [-0.3, -0.25) is 14.5 Å². The van der Waals surface area contributed by atoms with Crippen molar-refractivity contribution in [2.75, 3.05) is 45.9 Å². The fraction of sp³-hybridized carbons (Fsp3) is 0.360. The zero-order valence-corrected chi connectivity index (χ0v) is 19.5. The molecule has 1 aliphatic rings. The largest absolute Gasteiger partial charge is 0.494 e. The van der Waals surface area contributed by atoms with Crippen molar-refractivity contribution in [3.63, 3.8) is 0 Å². The lowest BCUT2D eigenvalue weighted by Gasteiger charge is -2.15. The molecule has 1 heterocycles. The van der Waals surface area contributed by atoms with Gasteiger partial charge in [0, 0.05) is 25.4 Å². The van der Waals surface area contributed by atoms with Crippen LogP contribution in [0, 0.1) is 0 Å². The van der Waals surface area contributed by atoms with Gasteiger partial charge in [-0.2, -0.15) is 0 Å². The summed E-state index contributed by atoms with van der Waals surface area (Å²) in [4.78, 5) is 27.9. The fourth-order valence-electron chi connectivity index (χ4n) is 3.57. The highest BCUT2D eigenvalue weighted by Crippen LogP contribution is 2.35. The molecule has 0 fully saturated rings. The summed E-state index contributed by atoms with van der Waals surface area (Å²) in [5.74, 6) is 0.988. The van der Waals surface area contributed by atoms with Crippen LogP contribution in [0.25, 0.3) is 5.57 Å². The number of amides is 2. The van der Waals surface area contributed by atoms with Crippen LogP contribution in [0.15, 0.2) is 48.2 Å². The summed E-state index contributed by atoms with van der Waals surface area (Å²) in [6.45, 7) is 5.70. The van der Waals surface area contributed by atoms with Gasteiger partial charge in [0.15, 0.2) is 11.5 Å². The van der Waals surface area contributed by atoms with E-state index >= 15 is 0 Å². The molecule has 0 saturated heterocycles. The molecule has 0 aliphatic carbocycles. The monoisotopic (exact) mass is 454 g/mol. The quantitative estimate of drug-likeness (QED) is 0.386. The second-order valence-corrected chi connectivity index (χ2v) is 7.21. The molecule has 176 valence electrons. The van der Waals surface area contributed by atoms with Gasteiger partial charge in [-0.05, 0) is 62.2 Å². The molecule has 8 heteroatoms. The van der Waals surface area contributed by atoms with Crippen molar-refractivity contribution in [2.45, 2.75) is 20.3 Å². The average molecular weight is 455 g/mol. The Bertz CT molecular complexity index is 1020. The van der Waals surface area contributed by atoms with E-state index in [-0.39, 0.29) is 29.6 Å². The molecule has 0 saturated carbocycles. The Hall–Kier alpha value is -3.52. The number of hydrogen-bond acceptors (Lipinski definition) is 7. The van der Waals surface area contributed by atoms with Crippen LogP contribution in [-0.4, -0.2) is 57.3 Å². The van der Waals surface area contributed by atoms with Crippen molar-refractivity contribution in [1.82, 2.24) is 4.90 Å². The van der Waals surface area contributed by atoms with Crippen LogP contribution in [0.4, 0.5) is 5.69 Å². The lowest BCUT2D eigenvalue weighted by Crippen LogP contribution is -2.34. The number of benzene rings is 2. The Balaban J connectivity index is 1.97. The first-order chi connectivity index (χ1) is 16.0. The number of nitrogens with zero attached hydrogens (tertiary/aromatic N) is 1. The van der Waals surface area contributed by atoms with E-state index in [1.807, 2.05) is 26.0 Å². The van der Waals surface area contributed by atoms with Crippen molar-refractivity contribution < 1.29 is 28.5 Å². The molecule has 2 aromatic rings. The van der Waals surface area contributed by atoms with Gasteiger partial charge in [-0.25, -0.2) is 0 Å². The van der Waals surface area contributed by atoms with Gasteiger partial charge < -0.3 is 24.3 Å². The van der Waals surface area contributed by atoms with Crippen molar-refractivity contribution in [3.05, 3.63) is 53.7 Å². The molecule has 2 aromatic carbocycles. The summed E-state index contributed by atoms with van der Waals surface area (Å²) < 4.78 is 21.6. The van der Waals surface area contributed by atoms with Gasteiger partial charge in [-0.15, -0.1) is 0 Å². The predicted molar refractivity (Wildman–Crippen MR) is 126 cm³/mol. The van der Waals surface area contributed by atoms with Crippen molar-refractivity contribution in [2.24, 2.45) is 0 Å². The molecule has 0 unspecified atom stereocenters. The first-order valence-electron chi connectivity index (χ1n) is 10.9. The number of methoxy groups -OCH3 is 2. The SMILES string of the molecule is CCOCCCN1C(=O)C(Nc2ccc(OCC)cc2)=C(c2ccc(OC)c(OC)c2)C1=O. The maximum atomic E-state index is 13.3. The first kappa shape index (κ1) is 24.1. The third-order valence-corrected chi connectivity index (χ3v) is 5.15. The second kappa shape index (κ2) is 11.4. The van der Waals surface area contributed by atoms with Crippen LogP contribution < -0.4 is 19.5 Å². The molecule has 3 rings (SSSR count). The summed E-state index contributed by atoms with van der Waals surface area (Å²) in [7, 11) is 3.07. The van der Waals surface area contributed by atoms with E-state index in [0.717, 1.165) is 5.75 Å². The Labute approximate surface area is 194 Å². The molecular formula is C25H30N2O6. The summed E-state index contributed by atoms with van der Waals surface area (Å²) in [6.07, 6.45) is 0.556. The molecular weight excluding hydrogens is 424 g/mol. The van der Waals surface area contributed by atoms with E-state index in [1.165, 1.54) is 12.0 Å². The number of anilines is 1. The maximum Gasteiger partial charge on any atom is 0.278 e. The van der Waals surface area contributed by atoms with Crippen LogP contribution in [0.3, 0.4) is 0 Å². The van der Waals surface area contributed by atoms with E-state index in [1.54, 1.807) is 37.4 Å². The zero-order valence-electron chi connectivity index (χ0n) is 19.5. The highest BCUT2D eigenvalue weighted by Gasteiger charge is 2.39. The van der Waals surface area contributed by atoms with Crippen molar-refractivity contribution in [3.8, 4) is 17.2 Å². The smallest absolute Gasteiger partial charge is 0.278 e. The van der Waals surface area contributed by atoms with E-state index in [0.29, 0.717) is 49.0 Å². The van der Waals surface area contributed by atoms with Crippen LogP contribution >= 0.6 is 0 Å². The van der Waals surface area contributed by atoms with Gasteiger partial charge in [0.1, 0.15) is 11.4 Å². The lowest BCUT2D eigenvalue weighted by atomic mass is 10.0. The van der Waals surface area contributed by atoms with E-state index in [2.05, 4.69) is 5.32 Å². The molecule has 33 heavy (non-hydrogen) atoms. The highest BCUT2D eigenvalue weighted by atomic mass is 16.5. The third-order valence-electron chi connectivity index (χ3n) is 5.15. The minimum Gasteiger partial charge on any atom is -0.494 e. The van der Waals surface area contributed by atoms with Gasteiger partial charge in [-0.1, -0.05) is 6.07 Å². The van der Waals surface area contributed by atoms with Gasteiger partial charge >= 0.3 is 0 Å². The molecule has 8 nitrogen and oxygen atoms in total. The average Bonchev–Trinajstić information content (AvgIpc) is 3.06. The number of carbonyl (C=O) groups is 2. The van der Waals surface area contributed by atoms with E-state index in [9.17, 15) is 9.59 Å². The van der Waals surface area contributed by atoms with Crippen molar-refractivity contribution >= 4 is 23.1 Å². The number of nitrogens with one attached hydrogen (secondary N) is 1. The molecule has 0 radical (unpaired) electrons. The Morgan fingerprint density at radius 3 is 2.24 bits per heavy atom. The number of ether oxygens (including phenoxy) is 4. The Kier molecular flexibility index (Phi) is 8.32. The minimum absolute atomic E-state index is 0.216. The van der Waals surface area contributed by atoms with E-state index < -0.39 is 0 Å². The van der Waals surface area contributed by atoms with Crippen LogP contribution in [-0.2, 0) is 14.3 Å². The molecule has 0 atom stereocenters. The Morgan fingerprint density at radius 1 is 0.879 bits per heavy atom. The van der Waals surface area contributed by atoms with Crippen LogP contribution in [0.5, 0.6) is 17.2 Å². The maximum absolute atomic E-state index is 13.3. The molecule has 0 spiro atoms. The second-order valence-electron chi connectivity index (χ2n) is 7.21.